The molecule has 3 rings (SSSR count). The molecule has 0 saturated carbocycles. The minimum absolute atomic E-state index is 1.10. The van der Waals surface area contributed by atoms with Gasteiger partial charge < -0.3 is 0 Å². The third-order valence-corrected chi connectivity index (χ3v) is 4.96. The van der Waals surface area contributed by atoms with Crippen LogP contribution in [0.4, 0.5) is 11.4 Å². The van der Waals surface area contributed by atoms with Crippen LogP contribution in [0.15, 0.2) is 72.8 Å². The second-order valence-corrected chi connectivity index (χ2v) is 6.99. The summed E-state index contributed by atoms with van der Waals surface area (Å²) in [5.74, 6) is 0. The quantitative estimate of drug-likeness (QED) is 0.571. The number of benzene rings is 3. The van der Waals surface area contributed by atoms with Gasteiger partial charge in [-0.15, -0.1) is 0 Å². The van der Waals surface area contributed by atoms with Crippen molar-refractivity contribution in [3.63, 3.8) is 0 Å². The molecular weight excluding hydrogens is 357 g/mol. The number of hydrogen-bond donors (Lipinski definition) is 0. The van der Waals surface area contributed by atoms with Crippen molar-refractivity contribution in [3.05, 3.63) is 95.1 Å². The SMILES string of the molecule is Cc1ccc(C(=[Se])N(c2ccc(C)cc2)c2ccc(C)cc2)cc1. The monoisotopic (exact) mass is 379 g/mol. The van der Waals surface area contributed by atoms with Gasteiger partial charge in [-0.2, -0.15) is 0 Å². The van der Waals surface area contributed by atoms with E-state index in [0.717, 1.165) is 15.9 Å². The Bertz CT molecular complexity index is 785. The molecule has 0 unspecified atom stereocenters. The van der Waals surface area contributed by atoms with E-state index in [4.69, 9.17) is 0 Å². The first-order valence-corrected chi connectivity index (χ1v) is 8.95. The molecule has 0 amide bonds. The summed E-state index contributed by atoms with van der Waals surface area (Å²) in [6, 6.07) is 25.9. The molecule has 0 radical (unpaired) electrons. The summed E-state index contributed by atoms with van der Waals surface area (Å²) in [5.41, 5.74) is 7.28. The maximum atomic E-state index is 3.28. The molecule has 0 aromatic heterocycles. The maximum absolute atomic E-state index is 3.28. The Labute approximate surface area is 152 Å². The Hall–Kier alpha value is -2.15. The predicted octanol–water partition coefficient (Wildman–Crippen LogP) is 5.10. The molecule has 2 heteroatoms. The standard InChI is InChI=1S/C22H21NSe/c1-16-4-10-19(11-5-16)22(24)23(20-12-6-17(2)7-13-20)21-14-8-18(3)9-15-21/h4-15H,1-3H3. The van der Waals surface area contributed by atoms with E-state index >= 15 is 0 Å². The van der Waals surface area contributed by atoms with Gasteiger partial charge in [-0.05, 0) is 0 Å². The number of anilines is 2. The molecular formula is C22H21NSe. The van der Waals surface area contributed by atoms with E-state index in [1.54, 1.807) is 0 Å². The van der Waals surface area contributed by atoms with E-state index in [2.05, 4.69) is 114 Å². The van der Waals surface area contributed by atoms with Crippen molar-refractivity contribution in [1.29, 1.82) is 0 Å². The molecule has 3 aromatic carbocycles. The zero-order valence-corrected chi connectivity index (χ0v) is 16.0. The van der Waals surface area contributed by atoms with Gasteiger partial charge in [0.25, 0.3) is 0 Å². The fraction of sp³-hybridized carbons (Fsp3) is 0.136. The van der Waals surface area contributed by atoms with Crippen LogP contribution in [0.25, 0.3) is 0 Å². The molecule has 0 bridgehead atoms. The molecule has 3 aromatic rings. The van der Waals surface area contributed by atoms with Crippen LogP contribution in [0.1, 0.15) is 22.3 Å². The summed E-state index contributed by atoms with van der Waals surface area (Å²) < 4.78 is 1.10. The van der Waals surface area contributed by atoms with Crippen LogP contribution in [0, 0.1) is 20.8 Å². The number of hydrogen-bond acceptors (Lipinski definition) is 1. The van der Waals surface area contributed by atoms with Crippen molar-refractivity contribution in [2.45, 2.75) is 20.8 Å². The fourth-order valence-corrected chi connectivity index (χ4v) is 3.32. The van der Waals surface area contributed by atoms with Crippen molar-refractivity contribution < 1.29 is 0 Å². The van der Waals surface area contributed by atoms with Crippen molar-refractivity contribution in [2.75, 3.05) is 4.90 Å². The molecule has 0 aliphatic rings. The molecule has 0 N–H and O–H groups in total. The Kier molecular flexibility index (Phi) is 4.99. The van der Waals surface area contributed by atoms with E-state index in [0.29, 0.717) is 0 Å². The molecule has 0 aliphatic heterocycles. The molecule has 0 saturated heterocycles. The van der Waals surface area contributed by atoms with Gasteiger partial charge in [-0.3, -0.25) is 0 Å². The third kappa shape index (κ3) is 3.67. The summed E-state index contributed by atoms with van der Waals surface area (Å²) in [6.45, 7) is 6.34. The third-order valence-electron chi connectivity index (χ3n) is 4.09. The molecule has 0 fully saturated rings. The van der Waals surface area contributed by atoms with Gasteiger partial charge in [-0.1, -0.05) is 0 Å². The molecule has 120 valence electrons. The van der Waals surface area contributed by atoms with E-state index in [1.807, 2.05) is 0 Å². The molecule has 1 nitrogen and oxygen atoms in total. The molecule has 0 atom stereocenters. The van der Waals surface area contributed by atoms with Gasteiger partial charge >= 0.3 is 152 Å². The summed E-state index contributed by atoms with van der Waals surface area (Å²) in [6.07, 6.45) is 0. The Balaban J connectivity index is 2.07. The molecule has 24 heavy (non-hydrogen) atoms. The van der Waals surface area contributed by atoms with E-state index in [9.17, 15) is 0 Å². The summed E-state index contributed by atoms with van der Waals surface area (Å²) in [5, 5.41) is 0. The zero-order valence-electron chi connectivity index (χ0n) is 14.3. The first-order valence-electron chi connectivity index (χ1n) is 8.09. The van der Waals surface area contributed by atoms with Crippen LogP contribution in [-0.2, 0) is 0 Å². The number of rotatable bonds is 4. The van der Waals surface area contributed by atoms with Crippen LogP contribution in [0.5, 0.6) is 0 Å². The van der Waals surface area contributed by atoms with Gasteiger partial charge in [0.05, 0.1) is 0 Å². The van der Waals surface area contributed by atoms with Gasteiger partial charge in [0.15, 0.2) is 0 Å². The van der Waals surface area contributed by atoms with E-state index in [1.165, 1.54) is 22.3 Å². The van der Waals surface area contributed by atoms with Gasteiger partial charge in [0.2, 0.25) is 0 Å². The normalized spacial score (nSPS) is 10.5. The molecule has 0 aliphatic carbocycles. The number of aryl methyl sites for hydroxylation is 3. The molecule has 0 spiro atoms. The van der Waals surface area contributed by atoms with Gasteiger partial charge in [0.1, 0.15) is 0 Å². The zero-order chi connectivity index (χ0) is 17.1. The van der Waals surface area contributed by atoms with Crippen LogP contribution >= 0.6 is 0 Å². The van der Waals surface area contributed by atoms with Crippen LogP contribution in [-0.4, -0.2) is 20.1 Å². The Morgan fingerprint density at radius 2 is 0.917 bits per heavy atom. The topological polar surface area (TPSA) is 3.24 Å². The van der Waals surface area contributed by atoms with Crippen LogP contribution in [0.2, 0.25) is 0 Å². The average Bonchev–Trinajstić information content (AvgIpc) is 2.59. The number of nitrogens with zero attached hydrogens (tertiary/aromatic N) is 1. The van der Waals surface area contributed by atoms with Crippen LogP contribution < -0.4 is 4.90 Å². The summed E-state index contributed by atoms with van der Waals surface area (Å²) >= 11 is 3.28. The summed E-state index contributed by atoms with van der Waals surface area (Å²) in [4.78, 5) is 2.27. The fourth-order valence-electron chi connectivity index (χ4n) is 2.60. The van der Waals surface area contributed by atoms with E-state index < -0.39 is 0 Å². The predicted molar refractivity (Wildman–Crippen MR) is 106 cm³/mol. The first kappa shape index (κ1) is 16.7. The second kappa shape index (κ2) is 7.17. The Morgan fingerprint density at radius 1 is 0.583 bits per heavy atom. The molecule has 0 heterocycles. The van der Waals surface area contributed by atoms with Crippen molar-refractivity contribution in [3.8, 4) is 0 Å². The van der Waals surface area contributed by atoms with E-state index in [-0.39, 0.29) is 0 Å². The minimum atomic E-state index is 1.10. The van der Waals surface area contributed by atoms with Crippen LogP contribution in [0.3, 0.4) is 0 Å². The van der Waals surface area contributed by atoms with Crippen molar-refractivity contribution in [2.24, 2.45) is 0 Å². The summed E-state index contributed by atoms with van der Waals surface area (Å²) in [7, 11) is 0. The van der Waals surface area contributed by atoms with Crippen molar-refractivity contribution in [1.82, 2.24) is 0 Å². The van der Waals surface area contributed by atoms with Crippen molar-refractivity contribution >= 4 is 31.5 Å². The second-order valence-electron chi connectivity index (χ2n) is 6.18. The first-order chi connectivity index (χ1) is 11.5. The van der Waals surface area contributed by atoms with Gasteiger partial charge in [-0.25, -0.2) is 0 Å². The average molecular weight is 378 g/mol. The van der Waals surface area contributed by atoms with Gasteiger partial charge in [0, 0.05) is 0 Å². The Morgan fingerprint density at radius 3 is 1.29 bits per heavy atom.